The van der Waals surface area contributed by atoms with E-state index in [4.69, 9.17) is 4.74 Å². The predicted octanol–water partition coefficient (Wildman–Crippen LogP) is 3.02. The van der Waals surface area contributed by atoms with Gasteiger partial charge in [-0.15, -0.1) is 11.3 Å². The molecule has 0 aliphatic heterocycles. The number of nitrogens with zero attached hydrogens (tertiary/aromatic N) is 1. The number of hydrogen-bond acceptors (Lipinski definition) is 4. The second kappa shape index (κ2) is 11.3. The molecule has 1 aromatic heterocycles. The summed E-state index contributed by atoms with van der Waals surface area (Å²) >= 11 is 1.84. The summed E-state index contributed by atoms with van der Waals surface area (Å²) in [4.78, 5) is 4.02. The van der Waals surface area contributed by atoms with Gasteiger partial charge in [-0.1, -0.05) is 19.9 Å². The zero-order chi connectivity index (χ0) is 14.6. The average Bonchev–Trinajstić information content (AvgIpc) is 2.98. The van der Waals surface area contributed by atoms with E-state index in [2.05, 4.69) is 41.6 Å². The maximum Gasteiger partial charge on any atom is 0.0589 e. The Hall–Kier alpha value is -0.420. The van der Waals surface area contributed by atoms with Crippen molar-refractivity contribution >= 4 is 11.3 Å². The molecule has 0 amide bonds. The van der Waals surface area contributed by atoms with Crippen LogP contribution >= 0.6 is 11.3 Å². The molecule has 1 aromatic rings. The van der Waals surface area contributed by atoms with Gasteiger partial charge in [-0.25, -0.2) is 0 Å². The summed E-state index contributed by atoms with van der Waals surface area (Å²) in [7, 11) is 1.78. The lowest BCUT2D eigenvalue weighted by Gasteiger charge is -2.30. The van der Waals surface area contributed by atoms with Gasteiger partial charge < -0.3 is 10.1 Å². The van der Waals surface area contributed by atoms with Crippen LogP contribution in [0.5, 0.6) is 0 Å². The summed E-state index contributed by atoms with van der Waals surface area (Å²) in [5.74, 6) is 0. The van der Waals surface area contributed by atoms with Gasteiger partial charge in [0.25, 0.3) is 0 Å². The molecule has 0 saturated carbocycles. The van der Waals surface area contributed by atoms with Crippen molar-refractivity contribution < 1.29 is 4.74 Å². The first-order valence-electron chi connectivity index (χ1n) is 7.77. The Bertz CT molecular complexity index is 312. The van der Waals surface area contributed by atoms with Crippen molar-refractivity contribution in [2.75, 3.05) is 39.9 Å². The largest absolute Gasteiger partial charge is 0.383 e. The summed E-state index contributed by atoms with van der Waals surface area (Å²) in [5.41, 5.74) is 0. The predicted molar refractivity (Wildman–Crippen MR) is 88.7 cm³/mol. The second-order valence-electron chi connectivity index (χ2n) is 5.08. The average molecular weight is 298 g/mol. The third kappa shape index (κ3) is 6.84. The minimum absolute atomic E-state index is 0.684. The molecule has 0 aliphatic rings. The molecule has 0 spiro atoms. The van der Waals surface area contributed by atoms with Crippen molar-refractivity contribution in [2.45, 2.75) is 39.2 Å². The normalized spacial score (nSPS) is 11.7. The van der Waals surface area contributed by atoms with Gasteiger partial charge in [-0.2, -0.15) is 0 Å². The van der Waals surface area contributed by atoms with Crippen LogP contribution in [0.1, 0.15) is 31.6 Å². The summed E-state index contributed by atoms with van der Waals surface area (Å²) in [6, 6.07) is 5.02. The van der Waals surface area contributed by atoms with Crippen LogP contribution < -0.4 is 5.32 Å². The van der Waals surface area contributed by atoms with Crippen LogP contribution in [-0.4, -0.2) is 50.8 Å². The van der Waals surface area contributed by atoms with E-state index in [1.165, 1.54) is 17.7 Å². The van der Waals surface area contributed by atoms with Gasteiger partial charge in [0.05, 0.1) is 6.61 Å². The van der Waals surface area contributed by atoms with E-state index in [-0.39, 0.29) is 0 Å². The SMILES string of the molecule is CCC(CC)N(CCNCCc1cccs1)CCOC. The highest BCUT2D eigenvalue weighted by atomic mass is 32.1. The molecule has 0 fully saturated rings. The van der Waals surface area contributed by atoms with Crippen molar-refractivity contribution in [3.63, 3.8) is 0 Å². The Morgan fingerprint density at radius 2 is 2.05 bits per heavy atom. The van der Waals surface area contributed by atoms with Crippen molar-refractivity contribution in [3.05, 3.63) is 22.4 Å². The fraction of sp³-hybridized carbons (Fsp3) is 0.750. The van der Waals surface area contributed by atoms with Crippen LogP contribution in [0, 0.1) is 0 Å². The Morgan fingerprint density at radius 1 is 1.25 bits per heavy atom. The van der Waals surface area contributed by atoms with Gasteiger partial charge in [0.2, 0.25) is 0 Å². The molecule has 3 nitrogen and oxygen atoms in total. The molecule has 0 bridgehead atoms. The van der Waals surface area contributed by atoms with Crippen LogP contribution in [0.15, 0.2) is 17.5 Å². The lowest BCUT2D eigenvalue weighted by molar-refractivity contribution is 0.116. The molecule has 0 saturated heterocycles. The minimum atomic E-state index is 0.684. The zero-order valence-electron chi connectivity index (χ0n) is 13.2. The van der Waals surface area contributed by atoms with Crippen molar-refractivity contribution in [3.8, 4) is 0 Å². The molecule has 0 aromatic carbocycles. The lowest BCUT2D eigenvalue weighted by atomic mass is 10.1. The topological polar surface area (TPSA) is 24.5 Å². The Labute approximate surface area is 128 Å². The standard InChI is InChI=1S/C16H30N2OS/c1-4-15(5-2)18(12-13-19-3)11-10-17-9-8-16-7-6-14-20-16/h6-7,14-15,17H,4-5,8-13H2,1-3H3. The van der Waals surface area contributed by atoms with E-state index in [9.17, 15) is 0 Å². The van der Waals surface area contributed by atoms with Crippen LogP contribution in [0.4, 0.5) is 0 Å². The third-order valence-corrected chi connectivity index (χ3v) is 4.68. The van der Waals surface area contributed by atoms with Crippen LogP contribution in [0.25, 0.3) is 0 Å². The lowest BCUT2D eigenvalue weighted by Crippen LogP contribution is -2.41. The maximum atomic E-state index is 5.23. The van der Waals surface area contributed by atoms with Gasteiger partial charge in [0, 0.05) is 44.2 Å². The zero-order valence-corrected chi connectivity index (χ0v) is 14.0. The highest BCUT2D eigenvalue weighted by Crippen LogP contribution is 2.09. The number of thiophene rings is 1. The van der Waals surface area contributed by atoms with Crippen LogP contribution in [0.2, 0.25) is 0 Å². The van der Waals surface area contributed by atoms with E-state index in [0.717, 1.165) is 39.2 Å². The first kappa shape index (κ1) is 17.6. The molecule has 0 atom stereocenters. The Balaban J connectivity index is 2.19. The summed E-state index contributed by atoms with van der Waals surface area (Å²) in [5, 5.41) is 5.71. The number of methoxy groups -OCH3 is 1. The Morgan fingerprint density at radius 3 is 2.65 bits per heavy atom. The third-order valence-electron chi connectivity index (χ3n) is 3.75. The highest BCUT2D eigenvalue weighted by Gasteiger charge is 2.13. The highest BCUT2D eigenvalue weighted by molar-refractivity contribution is 7.09. The van der Waals surface area contributed by atoms with Crippen LogP contribution in [-0.2, 0) is 11.2 Å². The summed E-state index contributed by atoms with van der Waals surface area (Å²) in [6.45, 7) is 9.66. The van der Waals surface area contributed by atoms with Crippen molar-refractivity contribution in [1.82, 2.24) is 10.2 Å². The van der Waals surface area contributed by atoms with E-state index < -0.39 is 0 Å². The first-order valence-corrected chi connectivity index (χ1v) is 8.65. The van der Waals surface area contributed by atoms with E-state index >= 15 is 0 Å². The van der Waals surface area contributed by atoms with Crippen molar-refractivity contribution in [2.24, 2.45) is 0 Å². The summed E-state index contributed by atoms with van der Waals surface area (Å²) < 4.78 is 5.23. The van der Waals surface area contributed by atoms with Gasteiger partial charge in [0.1, 0.15) is 0 Å². The molecule has 116 valence electrons. The molecule has 0 radical (unpaired) electrons. The van der Waals surface area contributed by atoms with Crippen LogP contribution in [0.3, 0.4) is 0 Å². The van der Waals surface area contributed by atoms with Gasteiger partial charge in [-0.05, 0) is 30.7 Å². The maximum absolute atomic E-state index is 5.23. The molecular weight excluding hydrogens is 268 g/mol. The fourth-order valence-electron chi connectivity index (χ4n) is 2.50. The number of ether oxygens (including phenoxy) is 1. The fourth-order valence-corrected chi connectivity index (χ4v) is 3.21. The molecule has 1 rings (SSSR count). The van der Waals surface area contributed by atoms with E-state index in [0.29, 0.717) is 6.04 Å². The van der Waals surface area contributed by atoms with E-state index in [1.54, 1.807) is 7.11 Å². The van der Waals surface area contributed by atoms with Crippen molar-refractivity contribution in [1.29, 1.82) is 0 Å². The second-order valence-corrected chi connectivity index (χ2v) is 6.11. The number of nitrogens with one attached hydrogen (secondary N) is 1. The minimum Gasteiger partial charge on any atom is -0.383 e. The molecule has 4 heteroatoms. The van der Waals surface area contributed by atoms with Gasteiger partial charge >= 0.3 is 0 Å². The number of rotatable bonds is 12. The molecule has 20 heavy (non-hydrogen) atoms. The molecule has 0 unspecified atom stereocenters. The van der Waals surface area contributed by atoms with Gasteiger partial charge in [0.15, 0.2) is 0 Å². The van der Waals surface area contributed by atoms with Gasteiger partial charge in [-0.3, -0.25) is 4.90 Å². The van der Waals surface area contributed by atoms with E-state index in [1.807, 2.05) is 11.3 Å². The molecule has 1 N–H and O–H groups in total. The molecule has 0 aliphatic carbocycles. The number of hydrogen-bond donors (Lipinski definition) is 1. The summed E-state index contributed by atoms with van der Waals surface area (Å²) in [6.07, 6.45) is 3.57. The molecular formula is C16H30N2OS. The smallest absolute Gasteiger partial charge is 0.0589 e. The quantitative estimate of drug-likeness (QED) is 0.600. The first-order chi connectivity index (χ1) is 9.81. The monoisotopic (exact) mass is 298 g/mol. The Kier molecular flexibility index (Phi) is 9.93. The molecule has 1 heterocycles.